The average molecular weight is 293 g/mol. The molecule has 0 fully saturated rings. The summed E-state index contributed by atoms with van der Waals surface area (Å²) >= 11 is 0. The molecule has 0 aliphatic heterocycles. The zero-order chi connectivity index (χ0) is 15.7. The number of methoxy groups -OCH3 is 1. The Morgan fingerprint density at radius 3 is 2.76 bits per heavy atom. The van der Waals surface area contributed by atoms with Gasteiger partial charge in [0.05, 0.1) is 13.7 Å². The number of fused-ring (bicyclic) bond motifs is 1. The number of nitrogens with one attached hydrogen (secondary N) is 1. The molecule has 5 nitrogen and oxygen atoms in total. The molecule has 2 N–H and O–H groups in total. The van der Waals surface area contributed by atoms with Gasteiger partial charge in [0.1, 0.15) is 17.0 Å². The number of hydrogen-bond acceptors (Lipinski definition) is 4. The van der Waals surface area contributed by atoms with Gasteiger partial charge in [0.25, 0.3) is 0 Å². The lowest BCUT2D eigenvalue weighted by Gasteiger charge is -2.26. The van der Waals surface area contributed by atoms with E-state index in [0.29, 0.717) is 12.2 Å². The molecule has 0 radical (unpaired) electrons. The highest BCUT2D eigenvalue weighted by atomic mass is 16.6. The summed E-state index contributed by atoms with van der Waals surface area (Å²) in [7, 11) is 1.59. The number of carbonyl (C=O) groups excluding carboxylic acids is 1. The van der Waals surface area contributed by atoms with Gasteiger partial charge in [0, 0.05) is 0 Å². The first-order valence-electron chi connectivity index (χ1n) is 7.10. The van der Waals surface area contributed by atoms with Gasteiger partial charge in [-0.05, 0) is 56.9 Å². The van der Waals surface area contributed by atoms with Crippen LogP contribution in [0.25, 0.3) is 0 Å². The predicted molar refractivity (Wildman–Crippen MR) is 79.4 cm³/mol. The lowest BCUT2D eigenvalue weighted by atomic mass is 9.96. The number of aryl methyl sites for hydroxylation is 1. The summed E-state index contributed by atoms with van der Waals surface area (Å²) in [5.74, 6) is 0.700. The molecule has 1 unspecified atom stereocenters. The highest BCUT2D eigenvalue weighted by Crippen LogP contribution is 2.38. The molecular weight excluding hydrogens is 270 g/mol. The Balaban J connectivity index is 2.07. The highest BCUT2D eigenvalue weighted by molar-refractivity contribution is 5.68. The van der Waals surface area contributed by atoms with Gasteiger partial charge in [-0.1, -0.05) is 6.07 Å². The van der Waals surface area contributed by atoms with Crippen molar-refractivity contribution >= 4 is 6.09 Å². The first-order chi connectivity index (χ1) is 9.73. The van der Waals surface area contributed by atoms with Crippen LogP contribution in [0.4, 0.5) is 4.79 Å². The number of carbonyl (C=O) groups is 1. The molecule has 1 aromatic carbocycles. The molecule has 0 saturated carbocycles. The van der Waals surface area contributed by atoms with Crippen molar-refractivity contribution in [2.45, 2.75) is 44.8 Å². The van der Waals surface area contributed by atoms with E-state index < -0.39 is 17.3 Å². The van der Waals surface area contributed by atoms with E-state index in [1.165, 1.54) is 0 Å². The molecular formula is C16H23NO4. The molecule has 116 valence electrons. The zero-order valence-corrected chi connectivity index (χ0v) is 13.0. The quantitative estimate of drug-likeness (QED) is 0.897. The van der Waals surface area contributed by atoms with E-state index in [9.17, 15) is 9.90 Å². The van der Waals surface area contributed by atoms with Gasteiger partial charge in [-0.3, -0.25) is 0 Å². The number of alkyl carbamates (subject to hydrolysis) is 1. The second-order valence-corrected chi connectivity index (χ2v) is 6.41. The van der Waals surface area contributed by atoms with Gasteiger partial charge >= 0.3 is 6.09 Å². The maximum atomic E-state index is 11.7. The van der Waals surface area contributed by atoms with Crippen LogP contribution in [0, 0.1) is 0 Å². The van der Waals surface area contributed by atoms with Crippen LogP contribution in [0.5, 0.6) is 5.75 Å². The molecule has 1 amide bonds. The molecule has 1 aromatic rings. The Bertz CT molecular complexity index is 536. The summed E-state index contributed by atoms with van der Waals surface area (Å²) in [6.07, 6.45) is 0.837. The first kappa shape index (κ1) is 15.6. The van der Waals surface area contributed by atoms with Crippen LogP contribution >= 0.6 is 0 Å². The molecule has 0 spiro atoms. The van der Waals surface area contributed by atoms with Crippen LogP contribution in [0.2, 0.25) is 0 Å². The third-order valence-electron chi connectivity index (χ3n) is 3.55. The first-order valence-corrected chi connectivity index (χ1v) is 7.10. The topological polar surface area (TPSA) is 67.8 Å². The summed E-state index contributed by atoms with van der Waals surface area (Å²) in [6.45, 7) is 5.53. The number of hydrogen-bond donors (Lipinski definition) is 2. The monoisotopic (exact) mass is 293 g/mol. The average Bonchev–Trinajstić information content (AvgIpc) is 2.72. The van der Waals surface area contributed by atoms with Crippen LogP contribution in [0.1, 0.15) is 38.3 Å². The Labute approximate surface area is 125 Å². The van der Waals surface area contributed by atoms with Crippen molar-refractivity contribution in [1.82, 2.24) is 5.32 Å². The van der Waals surface area contributed by atoms with E-state index in [4.69, 9.17) is 9.47 Å². The molecule has 21 heavy (non-hydrogen) atoms. The van der Waals surface area contributed by atoms with E-state index in [1.807, 2.05) is 18.2 Å². The summed E-state index contributed by atoms with van der Waals surface area (Å²) in [5.41, 5.74) is 0.284. The lowest BCUT2D eigenvalue weighted by Crippen LogP contribution is -2.41. The maximum Gasteiger partial charge on any atom is 0.407 e. The predicted octanol–water partition coefficient (Wildman–Crippen LogP) is 2.35. The summed E-state index contributed by atoms with van der Waals surface area (Å²) in [4.78, 5) is 11.7. The third kappa shape index (κ3) is 3.67. The van der Waals surface area contributed by atoms with E-state index >= 15 is 0 Å². The Morgan fingerprint density at radius 2 is 2.14 bits per heavy atom. The van der Waals surface area contributed by atoms with Crippen molar-refractivity contribution in [1.29, 1.82) is 0 Å². The van der Waals surface area contributed by atoms with E-state index in [1.54, 1.807) is 27.9 Å². The van der Waals surface area contributed by atoms with Gasteiger partial charge in [0.2, 0.25) is 0 Å². The largest absolute Gasteiger partial charge is 0.497 e. The lowest BCUT2D eigenvalue weighted by molar-refractivity contribution is 0.0225. The molecule has 0 bridgehead atoms. The van der Waals surface area contributed by atoms with Gasteiger partial charge < -0.3 is 19.9 Å². The van der Waals surface area contributed by atoms with E-state index in [-0.39, 0.29) is 6.54 Å². The molecule has 5 heteroatoms. The number of amides is 1. The minimum atomic E-state index is -1.07. The minimum absolute atomic E-state index is 0.127. The van der Waals surface area contributed by atoms with Crippen LogP contribution in [-0.2, 0) is 16.8 Å². The number of aliphatic hydroxyl groups is 1. The smallest absolute Gasteiger partial charge is 0.407 e. The molecule has 1 aliphatic rings. The third-order valence-corrected chi connectivity index (χ3v) is 3.55. The maximum absolute atomic E-state index is 11.7. The molecule has 2 rings (SSSR count). The van der Waals surface area contributed by atoms with Crippen LogP contribution in [0.3, 0.4) is 0 Å². The van der Waals surface area contributed by atoms with Gasteiger partial charge in [-0.25, -0.2) is 4.79 Å². The number of rotatable bonds is 3. The molecule has 1 aliphatic carbocycles. The number of ether oxygens (including phenoxy) is 2. The van der Waals surface area contributed by atoms with Crippen molar-refractivity contribution < 1.29 is 19.4 Å². The second-order valence-electron chi connectivity index (χ2n) is 6.41. The van der Waals surface area contributed by atoms with E-state index in [2.05, 4.69) is 5.32 Å². The van der Waals surface area contributed by atoms with E-state index in [0.717, 1.165) is 17.5 Å². The Hall–Kier alpha value is -1.75. The Morgan fingerprint density at radius 1 is 1.43 bits per heavy atom. The van der Waals surface area contributed by atoms with Crippen molar-refractivity contribution in [3.8, 4) is 5.75 Å². The fraction of sp³-hybridized carbons (Fsp3) is 0.562. The normalized spacial score (nSPS) is 20.8. The SMILES string of the molecule is COc1ccc2c(c1)C(O)(CNC(=O)OC(C)(C)C)CC2. The van der Waals surface area contributed by atoms with Crippen LogP contribution < -0.4 is 10.1 Å². The molecule has 0 aromatic heterocycles. The minimum Gasteiger partial charge on any atom is -0.497 e. The summed E-state index contributed by atoms with van der Waals surface area (Å²) < 4.78 is 10.4. The number of benzene rings is 1. The van der Waals surface area contributed by atoms with Crippen molar-refractivity contribution in [2.24, 2.45) is 0 Å². The molecule has 0 saturated heterocycles. The van der Waals surface area contributed by atoms with Gasteiger partial charge in [0.15, 0.2) is 0 Å². The fourth-order valence-electron chi connectivity index (χ4n) is 2.53. The standard InChI is InChI=1S/C16H23NO4/c1-15(2,3)21-14(18)17-10-16(19)8-7-11-5-6-12(20-4)9-13(11)16/h5-6,9,19H,7-8,10H2,1-4H3,(H,17,18). The molecule has 1 atom stereocenters. The highest BCUT2D eigenvalue weighted by Gasteiger charge is 2.37. The van der Waals surface area contributed by atoms with Crippen molar-refractivity contribution in [3.63, 3.8) is 0 Å². The Kier molecular flexibility index (Phi) is 4.14. The second kappa shape index (κ2) is 5.56. The van der Waals surface area contributed by atoms with Crippen molar-refractivity contribution in [2.75, 3.05) is 13.7 Å². The van der Waals surface area contributed by atoms with Crippen LogP contribution in [-0.4, -0.2) is 30.5 Å². The molecule has 0 heterocycles. The van der Waals surface area contributed by atoms with Gasteiger partial charge in [-0.2, -0.15) is 0 Å². The van der Waals surface area contributed by atoms with Crippen molar-refractivity contribution in [3.05, 3.63) is 29.3 Å². The fourth-order valence-corrected chi connectivity index (χ4v) is 2.53. The van der Waals surface area contributed by atoms with Gasteiger partial charge in [-0.15, -0.1) is 0 Å². The van der Waals surface area contributed by atoms with Crippen LogP contribution in [0.15, 0.2) is 18.2 Å². The zero-order valence-electron chi connectivity index (χ0n) is 13.0. The summed E-state index contributed by atoms with van der Waals surface area (Å²) in [6, 6.07) is 5.67. The summed E-state index contributed by atoms with van der Waals surface area (Å²) in [5, 5.41) is 13.4.